The molecule has 0 aliphatic heterocycles. The van der Waals surface area contributed by atoms with Gasteiger partial charge in [-0.05, 0) is 36.6 Å². The Morgan fingerprint density at radius 3 is 2.62 bits per heavy atom. The second kappa shape index (κ2) is 8.23. The van der Waals surface area contributed by atoms with Gasteiger partial charge < -0.3 is 15.0 Å². The zero-order valence-corrected chi connectivity index (χ0v) is 15.9. The van der Waals surface area contributed by atoms with E-state index in [4.69, 9.17) is 4.74 Å². The summed E-state index contributed by atoms with van der Waals surface area (Å²) in [4.78, 5) is 24.6. The van der Waals surface area contributed by atoms with Crippen LogP contribution in [0, 0.1) is 0 Å². The van der Waals surface area contributed by atoms with Crippen molar-refractivity contribution >= 4 is 34.5 Å². The Hall–Kier alpha value is -2.54. The van der Waals surface area contributed by atoms with E-state index in [0.29, 0.717) is 23.1 Å². The Morgan fingerprint density at radius 2 is 1.96 bits per heavy atom. The minimum Gasteiger partial charge on any atom is -0.481 e. The van der Waals surface area contributed by atoms with E-state index in [0.717, 1.165) is 17.6 Å². The second-order valence-corrected chi connectivity index (χ2v) is 7.01. The van der Waals surface area contributed by atoms with Crippen molar-refractivity contribution < 1.29 is 9.53 Å². The number of amides is 1. The summed E-state index contributed by atoms with van der Waals surface area (Å²) < 4.78 is 5.12. The molecule has 0 aliphatic rings. The number of fused-ring (bicyclic) bond motifs is 1. The molecule has 0 bridgehead atoms. The predicted octanol–water partition coefficient (Wildman–Crippen LogP) is 4.04. The fourth-order valence-electron chi connectivity index (χ4n) is 2.53. The first-order valence-corrected chi connectivity index (χ1v) is 9.48. The summed E-state index contributed by atoms with van der Waals surface area (Å²) >= 11 is 1.40. The van der Waals surface area contributed by atoms with Crippen LogP contribution in [-0.2, 0) is 11.2 Å². The average molecular weight is 370 g/mol. The van der Waals surface area contributed by atoms with E-state index in [1.165, 1.54) is 17.3 Å². The summed E-state index contributed by atoms with van der Waals surface area (Å²) in [6.07, 6.45) is 1.67. The van der Waals surface area contributed by atoms with Crippen molar-refractivity contribution in [3.63, 3.8) is 0 Å². The van der Waals surface area contributed by atoms with Crippen molar-refractivity contribution in [3.8, 4) is 5.88 Å². The molecule has 1 unspecified atom stereocenters. The molecule has 0 radical (unpaired) electrons. The molecule has 2 N–H and O–H groups in total. The normalized spacial score (nSPS) is 12.1. The maximum atomic E-state index is 12.6. The molecule has 2 aromatic heterocycles. The van der Waals surface area contributed by atoms with Gasteiger partial charge in [-0.3, -0.25) is 4.79 Å². The largest absolute Gasteiger partial charge is 0.481 e. The van der Waals surface area contributed by atoms with E-state index >= 15 is 0 Å². The summed E-state index contributed by atoms with van der Waals surface area (Å²) in [5.74, 6) is 0.480. The number of thioether (sulfide) groups is 1. The zero-order valence-electron chi connectivity index (χ0n) is 15.1. The van der Waals surface area contributed by atoms with Crippen LogP contribution in [0.25, 0.3) is 11.2 Å². The molecule has 2 heterocycles. The summed E-state index contributed by atoms with van der Waals surface area (Å²) in [6.45, 7) is 4.09. The van der Waals surface area contributed by atoms with Crippen LogP contribution >= 0.6 is 11.8 Å². The number of aromatic amines is 1. The van der Waals surface area contributed by atoms with Crippen molar-refractivity contribution in [2.45, 2.75) is 37.1 Å². The minimum atomic E-state index is -0.247. The summed E-state index contributed by atoms with van der Waals surface area (Å²) in [6, 6.07) is 11.6. The van der Waals surface area contributed by atoms with Crippen LogP contribution in [0.5, 0.6) is 5.88 Å². The number of ether oxygens (including phenoxy) is 1. The van der Waals surface area contributed by atoms with E-state index in [1.807, 2.05) is 37.3 Å². The van der Waals surface area contributed by atoms with Gasteiger partial charge in [0.15, 0.2) is 10.8 Å². The third kappa shape index (κ3) is 4.16. The number of nitrogens with one attached hydrogen (secondary N) is 2. The third-order valence-corrected chi connectivity index (χ3v) is 5.30. The van der Waals surface area contributed by atoms with Crippen LogP contribution in [0.2, 0.25) is 0 Å². The monoisotopic (exact) mass is 370 g/mol. The molecule has 3 rings (SSSR count). The van der Waals surface area contributed by atoms with E-state index in [9.17, 15) is 4.79 Å². The number of anilines is 1. The Bertz CT molecular complexity index is 892. The first-order valence-electron chi connectivity index (χ1n) is 8.60. The van der Waals surface area contributed by atoms with Crippen LogP contribution < -0.4 is 10.1 Å². The van der Waals surface area contributed by atoms with E-state index < -0.39 is 0 Å². The number of aromatic nitrogens is 3. The number of methoxy groups -OCH3 is 1. The molecule has 1 aromatic carbocycles. The lowest BCUT2D eigenvalue weighted by Gasteiger charge is -2.13. The van der Waals surface area contributed by atoms with E-state index in [-0.39, 0.29) is 11.2 Å². The first kappa shape index (κ1) is 18.3. The Morgan fingerprint density at radius 1 is 1.19 bits per heavy atom. The Balaban J connectivity index is 1.70. The van der Waals surface area contributed by atoms with Crippen LogP contribution in [0.3, 0.4) is 0 Å². The molecule has 1 amide bonds. The highest BCUT2D eigenvalue weighted by Gasteiger charge is 2.20. The number of imidazole rings is 1. The standard InChI is InChI=1S/C19H22N4O2S/c1-4-12-6-8-13(9-7-12)20-18(24)15(5-2)26-19-21-14-10-11-16(25-3)22-17(14)23-19/h6-11,15H,4-5H2,1-3H3,(H,20,24)(H,21,22,23). The molecule has 0 saturated heterocycles. The maximum absolute atomic E-state index is 12.6. The zero-order chi connectivity index (χ0) is 18.5. The second-order valence-electron chi connectivity index (χ2n) is 5.82. The van der Waals surface area contributed by atoms with Gasteiger partial charge in [0.25, 0.3) is 0 Å². The van der Waals surface area contributed by atoms with Crippen molar-refractivity contribution in [2.24, 2.45) is 0 Å². The lowest BCUT2D eigenvalue weighted by Crippen LogP contribution is -2.24. The number of rotatable bonds is 7. The van der Waals surface area contributed by atoms with Gasteiger partial charge in [0.1, 0.15) is 0 Å². The van der Waals surface area contributed by atoms with Crippen molar-refractivity contribution in [3.05, 3.63) is 42.0 Å². The molecular weight excluding hydrogens is 348 g/mol. The van der Waals surface area contributed by atoms with Gasteiger partial charge >= 0.3 is 0 Å². The summed E-state index contributed by atoms with van der Waals surface area (Å²) in [7, 11) is 1.57. The SMILES string of the molecule is CCc1ccc(NC(=O)C(CC)Sc2nc3nc(OC)ccc3[nH]2)cc1. The molecule has 0 aliphatic carbocycles. The fraction of sp³-hybridized carbons (Fsp3) is 0.316. The summed E-state index contributed by atoms with van der Waals surface area (Å²) in [5.41, 5.74) is 3.45. The lowest BCUT2D eigenvalue weighted by atomic mass is 10.1. The van der Waals surface area contributed by atoms with Crippen LogP contribution in [-0.4, -0.2) is 33.2 Å². The fourth-order valence-corrected chi connectivity index (χ4v) is 3.44. The van der Waals surface area contributed by atoms with Gasteiger partial charge in [0.2, 0.25) is 11.8 Å². The van der Waals surface area contributed by atoms with Gasteiger partial charge in [0, 0.05) is 11.8 Å². The highest BCUT2D eigenvalue weighted by molar-refractivity contribution is 8.00. The van der Waals surface area contributed by atoms with Crippen LogP contribution in [0.4, 0.5) is 5.69 Å². The molecule has 0 saturated carbocycles. The first-order chi connectivity index (χ1) is 12.6. The number of aryl methyl sites for hydroxylation is 1. The van der Waals surface area contributed by atoms with Gasteiger partial charge in [0.05, 0.1) is 17.9 Å². The van der Waals surface area contributed by atoms with Crippen molar-refractivity contribution in [1.29, 1.82) is 0 Å². The van der Waals surface area contributed by atoms with Crippen molar-refractivity contribution in [2.75, 3.05) is 12.4 Å². The topological polar surface area (TPSA) is 79.9 Å². The molecule has 136 valence electrons. The number of pyridine rings is 1. The molecular formula is C19H22N4O2S. The van der Waals surface area contributed by atoms with E-state index in [2.05, 4.69) is 27.2 Å². The highest BCUT2D eigenvalue weighted by atomic mass is 32.2. The smallest absolute Gasteiger partial charge is 0.237 e. The third-order valence-electron chi connectivity index (χ3n) is 4.05. The average Bonchev–Trinajstić information content (AvgIpc) is 3.08. The van der Waals surface area contributed by atoms with Gasteiger partial charge in [-0.1, -0.05) is 37.7 Å². The summed E-state index contributed by atoms with van der Waals surface area (Å²) in [5, 5.41) is 3.40. The minimum absolute atomic E-state index is 0.0345. The molecule has 7 heteroatoms. The molecule has 1 atom stereocenters. The van der Waals surface area contributed by atoms with Crippen LogP contribution in [0.1, 0.15) is 25.8 Å². The Kier molecular flexibility index (Phi) is 5.78. The highest BCUT2D eigenvalue weighted by Crippen LogP contribution is 2.26. The number of benzene rings is 1. The van der Waals surface area contributed by atoms with Crippen LogP contribution in [0.15, 0.2) is 41.6 Å². The van der Waals surface area contributed by atoms with Gasteiger partial charge in [-0.15, -0.1) is 0 Å². The lowest BCUT2D eigenvalue weighted by molar-refractivity contribution is -0.115. The number of hydrogen-bond donors (Lipinski definition) is 2. The van der Waals surface area contributed by atoms with Crippen molar-refractivity contribution in [1.82, 2.24) is 15.0 Å². The number of H-pyrrole nitrogens is 1. The van der Waals surface area contributed by atoms with Gasteiger partial charge in [-0.25, -0.2) is 4.98 Å². The number of carbonyl (C=O) groups excluding carboxylic acids is 1. The molecule has 0 spiro atoms. The predicted molar refractivity (Wildman–Crippen MR) is 105 cm³/mol. The Labute approximate surface area is 156 Å². The van der Waals surface area contributed by atoms with E-state index in [1.54, 1.807) is 13.2 Å². The van der Waals surface area contributed by atoms with Gasteiger partial charge in [-0.2, -0.15) is 4.98 Å². The number of carbonyl (C=O) groups is 1. The number of nitrogens with zero attached hydrogens (tertiary/aromatic N) is 2. The molecule has 0 fully saturated rings. The quantitative estimate of drug-likeness (QED) is 0.614. The molecule has 6 nitrogen and oxygen atoms in total. The molecule has 26 heavy (non-hydrogen) atoms. The molecule has 3 aromatic rings. The number of hydrogen-bond acceptors (Lipinski definition) is 5. The maximum Gasteiger partial charge on any atom is 0.237 e.